The van der Waals surface area contributed by atoms with Crippen LogP contribution in [0.5, 0.6) is 0 Å². The lowest BCUT2D eigenvalue weighted by atomic mass is 10.1. The molecule has 1 amide bonds. The van der Waals surface area contributed by atoms with Crippen LogP contribution in [0.25, 0.3) is 6.08 Å². The fourth-order valence-corrected chi connectivity index (χ4v) is 2.91. The largest absolute Gasteiger partial charge is 0.376 e. The Morgan fingerprint density at radius 2 is 2.14 bits per heavy atom. The Morgan fingerprint density at radius 3 is 2.86 bits per heavy atom. The van der Waals surface area contributed by atoms with Crippen molar-refractivity contribution >= 4 is 29.3 Å². The van der Waals surface area contributed by atoms with Gasteiger partial charge in [0, 0.05) is 6.61 Å². The van der Waals surface area contributed by atoms with E-state index < -0.39 is 0 Å². The Hall–Kier alpha value is -1.72. The number of hydrogen-bond donors (Lipinski definition) is 1. The molecule has 0 spiro atoms. The first kappa shape index (κ1) is 14.2. The molecule has 2 aliphatic heterocycles. The number of amides is 1. The summed E-state index contributed by atoms with van der Waals surface area (Å²) >= 11 is 5.28. The van der Waals surface area contributed by atoms with Crippen LogP contribution in [0.4, 0.5) is 0 Å². The second-order valence-corrected chi connectivity index (χ2v) is 5.69. The smallest absolute Gasteiger partial charge is 0.274 e. The van der Waals surface area contributed by atoms with Gasteiger partial charge in [0.05, 0.1) is 12.6 Å². The Bertz CT molecular complexity index is 565. The Morgan fingerprint density at radius 1 is 1.33 bits per heavy atom. The minimum absolute atomic E-state index is 0.139. The SMILES string of the molecule is O=C1NC(=S)N(CC2CCCCO2)/C1=C/c1ccccc1. The van der Waals surface area contributed by atoms with Gasteiger partial charge in [0.15, 0.2) is 5.11 Å². The van der Waals surface area contributed by atoms with E-state index in [0.717, 1.165) is 25.0 Å². The third kappa shape index (κ3) is 3.31. The maximum absolute atomic E-state index is 12.1. The van der Waals surface area contributed by atoms with Gasteiger partial charge >= 0.3 is 0 Å². The first-order valence-electron chi connectivity index (χ1n) is 7.25. The molecule has 2 aliphatic rings. The van der Waals surface area contributed by atoms with Crippen LogP contribution in [0, 0.1) is 0 Å². The lowest BCUT2D eigenvalue weighted by molar-refractivity contribution is -0.116. The van der Waals surface area contributed by atoms with Crippen LogP contribution < -0.4 is 5.32 Å². The highest BCUT2D eigenvalue weighted by Gasteiger charge is 2.32. The number of thiocarbonyl (C=S) groups is 1. The van der Waals surface area contributed by atoms with Gasteiger partial charge in [-0.05, 0) is 43.1 Å². The molecule has 2 fully saturated rings. The number of carbonyl (C=O) groups excluding carboxylic acids is 1. The van der Waals surface area contributed by atoms with Crippen molar-refractivity contribution in [1.29, 1.82) is 0 Å². The second kappa shape index (κ2) is 6.37. The molecule has 2 saturated heterocycles. The van der Waals surface area contributed by atoms with Crippen molar-refractivity contribution < 1.29 is 9.53 Å². The predicted octanol–water partition coefficient (Wildman–Crippen LogP) is 2.31. The first-order chi connectivity index (χ1) is 10.2. The standard InChI is InChI=1S/C16H18N2O2S/c19-15-14(10-12-6-2-1-3-7-12)18(16(21)17-15)11-13-8-4-5-9-20-13/h1-3,6-7,10,13H,4-5,8-9,11H2,(H,17,19,21)/b14-10+. The lowest BCUT2D eigenvalue weighted by Gasteiger charge is -2.27. The summed E-state index contributed by atoms with van der Waals surface area (Å²) in [6.45, 7) is 1.43. The number of rotatable bonds is 3. The molecule has 0 bridgehead atoms. The Balaban J connectivity index is 1.80. The molecule has 1 aromatic rings. The summed E-state index contributed by atoms with van der Waals surface area (Å²) < 4.78 is 5.75. The van der Waals surface area contributed by atoms with Gasteiger partial charge in [-0.3, -0.25) is 10.1 Å². The summed E-state index contributed by atoms with van der Waals surface area (Å²) in [4.78, 5) is 14.0. The van der Waals surface area contributed by atoms with Crippen LogP contribution in [-0.4, -0.2) is 35.2 Å². The van der Waals surface area contributed by atoms with Gasteiger partial charge in [0.1, 0.15) is 5.70 Å². The van der Waals surface area contributed by atoms with Crippen LogP contribution >= 0.6 is 12.2 Å². The third-order valence-electron chi connectivity index (χ3n) is 3.75. The van der Waals surface area contributed by atoms with Gasteiger partial charge < -0.3 is 9.64 Å². The van der Waals surface area contributed by atoms with Crippen molar-refractivity contribution in [3.05, 3.63) is 41.6 Å². The predicted molar refractivity (Wildman–Crippen MR) is 85.5 cm³/mol. The molecule has 4 nitrogen and oxygen atoms in total. The minimum Gasteiger partial charge on any atom is -0.376 e. The average Bonchev–Trinajstić information content (AvgIpc) is 2.76. The van der Waals surface area contributed by atoms with E-state index in [1.165, 1.54) is 6.42 Å². The maximum Gasteiger partial charge on any atom is 0.274 e. The molecule has 1 N–H and O–H groups in total. The molecule has 110 valence electrons. The molecule has 3 rings (SSSR count). The summed E-state index contributed by atoms with van der Waals surface area (Å²) in [6, 6.07) is 9.79. The van der Waals surface area contributed by atoms with Crippen molar-refractivity contribution in [3.8, 4) is 0 Å². The van der Waals surface area contributed by atoms with E-state index >= 15 is 0 Å². The first-order valence-corrected chi connectivity index (χ1v) is 7.66. The van der Waals surface area contributed by atoms with Crippen LogP contribution in [0.2, 0.25) is 0 Å². The van der Waals surface area contributed by atoms with Gasteiger partial charge in [-0.25, -0.2) is 0 Å². The molecule has 21 heavy (non-hydrogen) atoms. The van der Waals surface area contributed by atoms with E-state index in [0.29, 0.717) is 17.4 Å². The summed E-state index contributed by atoms with van der Waals surface area (Å²) in [5.41, 5.74) is 1.59. The van der Waals surface area contributed by atoms with Crippen LogP contribution in [0.1, 0.15) is 24.8 Å². The van der Waals surface area contributed by atoms with Gasteiger partial charge in [0.25, 0.3) is 5.91 Å². The van der Waals surface area contributed by atoms with E-state index in [2.05, 4.69) is 5.32 Å². The van der Waals surface area contributed by atoms with Crippen LogP contribution in [0.15, 0.2) is 36.0 Å². The fraction of sp³-hybridized carbons (Fsp3) is 0.375. The minimum atomic E-state index is -0.139. The maximum atomic E-state index is 12.1. The van der Waals surface area contributed by atoms with E-state index in [9.17, 15) is 4.79 Å². The topological polar surface area (TPSA) is 41.6 Å². The number of ether oxygens (including phenoxy) is 1. The van der Waals surface area contributed by atoms with E-state index in [4.69, 9.17) is 17.0 Å². The highest BCUT2D eigenvalue weighted by molar-refractivity contribution is 7.80. The fourth-order valence-electron chi connectivity index (χ4n) is 2.65. The van der Waals surface area contributed by atoms with E-state index in [1.807, 2.05) is 41.3 Å². The summed E-state index contributed by atoms with van der Waals surface area (Å²) in [6.07, 6.45) is 5.32. The van der Waals surface area contributed by atoms with Crippen molar-refractivity contribution in [3.63, 3.8) is 0 Å². The van der Waals surface area contributed by atoms with Gasteiger partial charge in [-0.1, -0.05) is 30.3 Å². The summed E-state index contributed by atoms with van der Waals surface area (Å²) in [5.74, 6) is -0.139. The zero-order valence-electron chi connectivity index (χ0n) is 11.7. The molecule has 1 aromatic carbocycles. The van der Waals surface area contributed by atoms with Gasteiger partial charge in [-0.2, -0.15) is 0 Å². The molecule has 1 atom stereocenters. The molecule has 0 radical (unpaired) electrons. The molecule has 5 heteroatoms. The zero-order valence-corrected chi connectivity index (χ0v) is 12.6. The number of hydrogen-bond acceptors (Lipinski definition) is 3. The second-order valence-electron chi connectivity index (χ2n) is 5.30. The molecular formula is C16H18N2O2S. The van der Waals surface area contributed by atoms with E-state index in [-0.39, 0.29) is 12.0 Å². The Labute approximate surface area is 129 Å². The highest BCUT2D eigenvalue weighted by Crippen LogP contribution is 2.21. The number of nitrogens with zero attached hydrogens (tertiary/aromatic N) is 1. The van der Waals surface area contributed by atoms with Crippen molar-refractivity contribution in [2.45, 2.75) is 25.4 Å². The van der Waals surface area contributed by atoms with Crippen LogP contribution in [-0.2, 0) is 9.53 Å². The monoisotopic (exact) mass is 302 g/mol. The zero-order chi connectivity index (χ0) is 14.7. The third-order valence-corrected chi connectivity index (χ3v) is 4.07. The lowest BCUT2D eigenvalue weighted by Crippen LogP contribution is -2.37. The van der Waals surface area contributed by atoms with Crippen molar-refractivity contribution in [2.75, 3.05) is 13.2 Å². The van der Waals surface area contributed by atoms with Crippen molar-refractivity contribution in [2.24, 2.45) is 0 Å². The molecule has 0 aromatic heterocycles. The normalized spacial score (nSPS) is 24.5. The average molecular weight is 302 g/mol. The number of nitrogens with one attached hydrogen (secondary N) is 1. The van der Waals surface area contributed by atoms with Crippen molar-refractivity contribution in [1.82, 2.24) is 10.2 Å². The van der Waals surface area contributed by atoms with Crippen LogP contribution in [0.3, 0.4) is 0 Å². The highest BCUT2D eigenvalue weighted by atomic mass is 32.1. The molecule has 1 unspecified atom stereocenters. The number of carbonyl (C=O) groups is 1. The molecular weight excluding hydrogens is 284 g/mol. The van der Waals surface area contributed by atoms with Gasteiger partial charge in [0.2, 0.25) is 0 Å². The molecule has 0 aliphatic carbocycles. The Kier molecular flexibility index (Phi) is 4.31. The molecule has 0 saturated carbocycles. The summed E-state index contributed by atoms with van der Waals surface area (Å²) in [7, 11) is 0. The van der Waals surface area contributed by atoms with E-state index in [1.54, 1.807) is 0 Å². The number of benzene rings is 1. The molecule has 2 heterocycles. The summed E-state index contributed by atoms with van der Waals surface area (Å²) in [5, 5.41) is 3.19. The van der Waals surface area contributed by atoms with Gasteiger partial charge in [-0.15, -0.1) is 0 Å². The quantitative estimate of drug-likeness (QED) is 0.687.